The monoisotopic (exact) mass is 473 g/mol. The van der Waals surface area contributed by atoms with E-state index in [1.807, 2.05) is 0 Å². The van der Waals surface area contributed by atoms with E-state index in [2.05, 4.69) is 26.1 Å². The summed E-state index contributed by atoms with van der Waals surface area (Å²) in [6.45, 7) is 1.74. The molecule has 1 amide bonds. The van der Waals surface area contributed by atoms with Crippen molar-refractivity contribution in [2.75, 3.05) is 4.90 Å². The maximum Gasteiger partial charge on any atom is 0.301 e. The van der Waals surface area contributed by atoms with E-state index in [0.717, 1.165) is 4.47 Å². The second-order valence-electron chi connectivity index (χ2n) is 6.33. The minimum Gasteiger partial charge on any atom is -0.507 e. The van der Waals surface area contributed by atoms with Crippen LogP contribution in [-0.4, -0.2) is 27.0 Å². The summed E-state index contributed by atoms with van der Waals surface area (Å²) in [4.78, 5) is 27.0. The van der Waals surface area contributed by atoms with E-state index in [1.54, 1.807) is 31.2 Å². The Bertz CT molecular complexity index is 1140. The first-order chi connectivity index (χ1) is 13.9. The van der Waals surface area contributed by atoms with Gasteiger partial charge in [0.1, 0.15) is 16.6 Å². The Balaban J connectivity index is 1.93. The van der Waals surface area contributed by atoms with Crippen LogP contribution in [0.5, 0.6) is 0 Å². The third-order valence-corrected chi connectivity index (χ3v) is 5.84. The van der Waals surface area contributed by atoms with Crippen LogP contribution in [0.4, 0.5) is 9.52 Å². The molecule has 6 nitrogen and oxygen atoms in total. The zero-order chi connectivity index (χ0) is 20.7. The van der Waals surface area contributed by atoms with Crippen molar-refractivity contribution in [1.29, 1.82) is 0 Å². The van der Waals surface area contributed by atoms with Crippen LogP contribution in [0.2, 0.25) is 0 Å². The Morgan fingerprint density at radius 3 is 2.34 bits per heavy atom. The third kappa shape index (κ3) is 3.47. The van der Waals surface area contributed by atoms with Crippen molar-refractivity contribution in [3.63, 3.8) is 0 Å². The summed E-state index contributed by atoms with van der Waals surface area (Å²) < 4.78 is 14.1. The second-order valence-corrected chi connectivity index (χ2v) is 8.41. The largest absolute Gasteiger partial charge is 0.507 e. The molecular formula is C20H13BrFN3O3S. The van der Waals surface area contributed by atoms with E-state index in [-0.39, 0.29) is 22.0 Å². The van der Waals surface area contributed by atoms with Gasteiger partial charge in [0.05, 0.1) is 11.6 Å². The maximum absolute atomic E-state index is 13.3. The molecule has 1 unspecified atom stereocenters. The van der Waals surface area contributed by atoms with Gasteiger partial charge in [-0.1, -0.05) is 39.4 Å². The number of aromatic nitrogens is 2. The SMILES string of the molecule is Cc1nnc(N2C(=O)C(=O)/C(=C(\O)c3ccc(F)cc3)C2c2ccc(Br)cc2)s1. The molecule has 0 radical (unpaired) electrons. The minimum absolute atomic E-state index is 0.0863. The van der Waals surface area contributed by atoms with E-state index < -0.39 is 23.5 Å². The number of ketones is 1. The quantitative estimate of drug-likeness (QED) is 0.346. The van der Waals surface area contributed by atoms with Crippen LogP contribution in [0.15, 0.2) is 58.6 Å². The number of aryl methyl sites for hydroxylation is 1. The molecule has 146 valence electrons. The van der Waals surface area contributed by atoms with Crippen LogP contribution >= 0.6 is 27.3 Å². The Hall–Kier alpha value is -2.91. The number of carbonyl (C=O) groups excluding carboxylic acids is 2. The molecule has 1 saturated heterocycles. The first-order valence-corrected chi connectivity index (χ1v) is 10.1. The summed E-state index contributed by atoms with van der Waals surface area (Å²) in [5.74, 6) is -2.50. The zero-order valence-electron chi connectivity index (χ0n) is 15.0. The fourth-order valence-corrected chi connectivity index (χ4v) is 4.12. The fraction of sp³-hybridized carbons (Fsp3) is 0.100. The lowest BCUT2D eigenvalue weighted by Gasteiger charge is -2.22. The molecular weight excluding hydrogens is 461 g/mol. The number of rotatable bonds is 3. The lowest BCUT2D eigenvalue weighted by Crippen LogP contribution is -2.29. The number of hydrogen-bond donors (Lipinski definition) is 1. The molecule has 1 atom stereocenters. The number of halogens is 2. The summed E-state index contributed by atoms with van der Waals surface area (Å²) in [5, 5.41) is 19.7. The van der Waals surface area contributed by atoms with Crippen molar-refractivity contribution in [3.8, 4) is 0 Å². The van der Waals surface area contributed by atoms with Gasteiger partial charge in [0, 0.05) is 10.0 Å². The van der Waals surface area contributed by atoms with Crippen LogP contribution in [0.1, 0.15) is 22.2 Å². The molecule has 3 aromatic rings. The number of hydrogen-bond acceptors (Lipinski definition) is 6. The minimum atomic E-state index is -0.888. The number of nitrogens with zero attached hydrogens (tertiary/aromatic N) is 3. The highest BCUT2D eigenvalue weighted by molar-refractivity contribution is 9.10. The topological polar surface area (TPSA) is 83.4 Å². The Morgan fingerprint density at radius 2 is 1.76 bits per heavy atom. The highest BCUT2D eigenvalue weighted by Gasteiger charge is 2.48. The summed E-state index contributed by atoms with van der Waals surface area (Å²) >= 11 is 4.54. The molecule has 1 aliphatic heterocycles. The van der Waals surface area contributed by atoms with Crippen molar-refractivity contribution >= 4 is 49.8 Å². The summed E-state index contributed by atoms with van der Waals surface area (Å²) in [6.07, 6.45) is 0. The zero-order valence-corrected chi connectivity index (χ0v) is 17.4. The maximum atomic E-state index is 13.3. The number of Topliss-reactive ketones (excluding diaryl/α,β-unsaturated/α-hetero) is 1. The molecule has 9 heteroatoms. The van der Waals surface area contributed by atoms with E-state index in [0.29, 0.717) is 10.6 Å². The molecule has 0 aliphatic carbocycles. The van der Waals surface area contributed by atoms with Crippen molar-refractivity contribution in [2.24, 2.45) is 0 Å². The molecule has 1 aromatic heterocycles. The first-order valence-electron chi connectivity index (χ1n) is 8.49. The van der Waals surface area contributed by atoms with Crippen LogP contribution in [0.25, 0.3) is 5.76 Å². The van der Waals surface area contributed by atoms with E-state index >= 15 is 0 Å². The average Bonchev–Trinajstić information content (AvgIpc) is 3.24. The molecule has 0 bridgehead atoms. The van der Waals surface area contributed by atoms with Crippen LogP contribution in [-0.2, 0) is 9.59 Å². The Morgan fingerprint density at radius 1 is 1.10 bits per heavy atom. The van der Waals surface area contributed by atoms with Crippen molar-refractivity contribution in [2.45, 2.75) is 13.0 Å². The fourth-order valence-electron chi connectivity index (χ4n) is 3.14. The summed E-state index contributed by atoms with van der Waals surface area (Å²) in [5.41, 5.74) is 0.764. The number of amides is 1. The average molecular weight is 474 g/mol. The molecule has 2 heterocycles. The number of aliphatic hydroxyl groups is 1. The second kappa shape index (κ2) is 7.49. The molecule has 1 N–H and O–H groups in total. The lowest BCUT2D eigenvalue weighted by molar-refractivity contribution is -0.132. The van der Waals surface area contributed by atoms with Crippen LogP contribution in [0, 0.1) is 12.7 Å². The standard InChI is InChI=1S/C20H13BrFN3O3S/c1-10-23-24-20(29-10)25-16(11-2-6-13(21)7-3-11)15(18(27)19(25)28)17(26)12-4-8-14(22)9-5-12/h2-9,16,26H,1H3/b17-15-. The molecule has 0 spiro atoms. The van der Waals surface area contributed by atoms with E-state index in [1.165, 1.54) is 40.5 Å². The first kappa shape index (κ1) is 19.4. The van der Waals surface area contributed by atoms with Gasteiger partial charge in [-0.3, -0.25) is 14.5 Å². The number of carbonyl (C=O) groups is 2. The van der Waals surface area contributed by atoms with Gasteiger partial charge in [-0.25, -0.2) is 4.39 Å². The molecule has 29 heavy (non-hydrogen) atoms. The van der Waals surface area contributed by atoms with Gasteiger partial charge in [0.2, 0.25) is 5.13 Å². The molecule has 1 aliphatic rings. The third-order valence-electron chi connectivity index (χ3n) is 4.47. The van der Waals surface area contributed by atoms with Gasteiger partial charge in [0.15, 0.2) is 0 Å². The van der Waals surface area contributed by atoms with Gasteiger partial charge in [-0.15, -0.1) is 10.2 Å². The van der Waals surface area contributed by atoms with E-state index in [4.69, 9.17) is 0 Å². The van der Waals surface area contributed by atoms with Gasteiger partial charge in [0.25, 0.3) is 5.78 Å². The van der Waals surface area contributed by atoms with E-state index in [9.17, 15) is 19.1 Å². The molecule has 2 aromatic carbocycles. The smallest absolute Gasteiger partial charge is 0.301 e. The van der Waals surface area contributed by atoms with Crippen LogP contribution in [0.3, 0.4) is 0 Å². The Labute approximate surface area is 177 Å². The number of benzene rings is 2. The Kier molecular flexibility index (Phi) is 5.01. The molecule has 0 saturated carbocycles. The predicted molar refractivity (Wildman–Crippen MR) is 110 cm³/mol. The van der Waals surface area contributed by atoms with Crippen molar-refractivity contribution in [3.05, 3.63) is 80.5 Å². The van der Waals surface area contributed by atoms with Crippen LogP contribution < -0.4 is 4.90 Å². The van der Waals surface area contributed by atoms with Gasteiger partial charge < -0.3 is 5.11 Å². The molecule has 4 rings (SSSR count). The number of aliphatic hydroxyl groups excluding tert-OH is 1. The highest BCUT2D eigenvalue weighted by Crippen LogP contribution is 2.43. The van der Waals surface area contributed by atoms with Crippen molar-refractivity contribution in [1.82, 2.24) is 10.2 Å². The van der Waals surface area contributed by atoms with Gasteiger partial charge >= 0.3 is 5.91 Å². The highest BCUT2D eigenvalue weighted by atomic mass is 79.9. The van der Waals surface area contributed by atoms with Gasteiger partial charge in [-0.2, -0.15) is 0 Å². The summed E-state index contributed by atoms with van der Waals surface area (Å²) in [6, 6.07) is 11.2. The normalized spacial score (nSPS) is 18.4. The van der Waals surface area contributed by atoms with Gasteiger partial charge in [-0.05, 0) is 48.9 Å². The molecule has 1 fully saturated rings. The lowest BCUT2D eigenvalue weighted by atomic mass is 9.95. The van der Waals surface area contributed by atoms with Crippen molar-refractivity contribution < 1.29 is 19.1 Å². The predicted octanol–water partition coefficient (Wildman–Crippen LogP) is 4.37. The summed E-state index contributed by atoms with van der Waals surface area (Å²) in [7, 11) is 0. The number of anilines is 1.